The molecule has 1 aromatic rings. The van der Waals surface area contributed by atoms with Crippen LogP contribution in [0.25, 0.3) is 0 Å². The summed E-state index contributed by atoms with van der Waals surface area (Å²) < 4.78 is 17.3. The molecule has 2 aliphatic heterocycles. The first-order valence-electron chi connectivity index (χ1n) is 6.39. The lowest BCUT2D eigenvalue weighted by Gasteiger charge is -2.22. The molecule has 0 amide bonds. The molecule has 0 saturated carbocycles. The van der Waals surface area contributed by atoms with Crippen LogP contribution >= 0.6 is 0 Å². The van der Waals surface area contributed by atoms with E-state index in [0.717, 1.165) is 6.54 Å². The fraction of sp³-hybridized carbons (Fsp3) is 0.571. The van der Waals surface area contributed by atoms with E-state index in [1.54, 1.807) is 0 Å². The van der Waals surface area contributed by atoms with Gasteiger partial charge in [-0.15, -0.1) is 0 Å². The first-order chi connectivity index (χ1) is 8.64. The molecule has 2 aliphatic rings. The van der Waals surface area contributed by atoms with Crippen molar-refractivity contribution in [2.45, 2.75) is 44.6 Å². The molecule has 1 N–H and O–H groups in total. The summed E-state index contributed by atoms with van der Waals surface area (Å²) in [6, 6.07) is 10.3. The summed E-state index contributed by atoms with van der Waals surface area (Å²) in [5.74, 6) is -0.494. The van der Waals surface area contributed by atoms with Crippen LogP contribution in [-0.2, 0) is 20.8 Å². The van der Waals surface area contributed by atoms with Crippen LogP contribution in [0.2, 0.25) is 0 Å². The SMILES string of the molecule is CC1(C)O[C@H]2COC(NCc3ccccc3)[C@H]2O1. The van der Waals surface area contributed by atoms with Crippen molar-refractivity contribution < 1.29 is 14.2 Å². The van der Waals surface area contributed by atoms with Gasteiger partial charge in [0.25, 0.3) is 0 Å². The van der Waals surface area contributed by atoms with Crippen LogP contribution in [0.1, 0.15) is 19.4 Å². The highest BCUT2D eigenvalue weighted by Gasteiger charge is 2.49. The fourth-order valence-corrected chi connectivity index (χ4v) is 2.53. The maximum absolute atomic E-state index is 5.86. The Morgan fingerprint density at radius 2 is 2.00 bits per heavy atom. The van der Waals surface area contributed by atoms with Crippen molar-refractivity contribution in [3.8, 4) is 0 Å². The fourth-order valence-electron chi connectivity index (χ4n) is 2.53. The zero-order chi connectivity index (χ0) is 12.6. The third kappa shape index (κ3) is 2.42. The first kappa shape index (κ1) is 12.1. The molecule has 3 atom stereocenters. The van der Waals surface area contributed by atoms with E-state index in [2.05, 4.69) is 17.4 Å². The quantitative estimate of drug-likeness (QED) is 0.884. The molecule has 3 rings (SSSR count). The Balaban J connectivity index is 1.58. The Labute approximate surface area is 107 Å². The van der Waals surface area contributed by atoms with Gasteiger partial charge in [-0.3, -0.25) is 5.32 Å². The number of benzene rings is 1. The molecule has 0 bridgehead atoms. The van der Waals surface area contributed by atoms with Gasteiger partial charge in [-0.1, -0.05) is 30.3 Å². The third-order valence-electron chi connectivity index (χ3n) is 3.31. The Bertz CT molecular complexity index is 407. The monoisotopic (exact) mass is 249 g/mol. The van der Waals surface area contributed by atoms with Gasteiger partial charge < -0.3 is 14.2 Å². The minimum absolute atomic E-state index is 0.0105. The summed E-state index contributed by atoms with van der Waals surface area (Å²) >= 11 is 0. The molecule has 1 unspecified atom stereocenters. The van der Waals surface area contributed by atoms with Gasteiger partial charge in [-0.05, 0) is 19.4 Å². The number of hydrogen-bond donors (Lipinski definition) is 1. The Morgan fingerprint density at radius 3 is 2.78 bits per heavy atom. The van der Waals surface area contributed by atoms with Gasteiger partial charge in [0, 0.05) is 6.54 Å². The van der Waals surface area contributed by atoms with Crippen LogP contribution in [0.15, 0.2) is 30.3 Å². The Morgan fingerprint density at radius 1 is 1.22 bits per heavy atom. The second-order valence-electron chi connectivity index (χ2n) is 5.26. The highest BCUT2D eigenvalue weighted by Crippen LogP contribution is 2.34. The summed E-state index contributed by atoms with van der Waals surface area (Å²) in [6.07, 6.45) is -0.0473. The van der Waals surface area contributed by atoms with Crippen LogP contribution in [0.4, 0.5) is 0 Å². The van der Waals surface area contributed by atoms with Crippen LogP contribution in [-0.4, -0.2) is 30.8 Å². The van der Waals surface area contributed by atoms with Gasteiger partial charge in [-0.2, -0.15) is 0 Å². The van der Waals surface area contributed by atoms with Gasteiger partial charge in [0.05, 0.1) is 6.61 Å². The molecular formula is C14H19NO3. The summed E-state index contributed by atoms with van der Waals surface area (Å²) in [7, 11) is 0. The molecule has 0 radical (unpaired) electrons. The predicted octanol–water partition coefficient (Wildman–Crippen LogP) is 1.65. The summed E-state index contributed by atoms with van der Waals surface area (Å²) in [4.78, 5) is 0. The molecule has 18 heavy (non-hydrogen) atoms. The standard InChI is InChI=1S/C14H19NO3/c1-14(2)17-11-9-16-13(12(11)18-14)15-8-10-6-4-3-5-7-10/h3-7,11-13,15H,8-9H2,1-2H3/t11-,12-,13?/m0/s1. The van der Waals surface area contributed by atoms with Crippen LogP contribution in [0.3, 0.4) is 0 Å². The minimum Gasteiger partial charge on any atom is -0.358 e. The van der Waals surface area contributed by atoms with E-state index >= 15 is 0 Å². The normalized spacial score (nSPS) is 33.6. The predicted molar refractivity (Wildman–Crippen MR) is 66.8 cm³/mol. The van der Waals surface area contributed by atoms with Crippen LogP contribution in [0, 0.1) is 0 Å². The molecule has 0 aliphatic carbocycles. The molecule has 2 saturated heterocycles. The van der Waals surface area contributed by atoms with E-state index < -0.39 is 5.79 Å². The number of hydrogen-bond acceptors (Lipinski definition) is 4. The maximum Gasteiger partial charge on any atom is 0.164 e. The topological polar surface area (TPSA) is 39.7 Å². The largest absolute Gasteiger partial charge is 0.358 e. The highest BCUT2D eigenvalue weighted by atomic mass is 16.8. The van der Waals surface area contributed by atoms with Crippen molar-refractivity contribution in [1.82, 2.24) is 5.32 Å². The number of nitrogens with one attached hydrogen (secondary N) is 1. The molecule has 98 valence electrons. The van der Waals surface area contributed by atoms with Gasteiger partial charge in [-0.25, -0.2) is 0 Å². The van der Waals surface area contributed by atoms with Crippen molar-refractivity contribution in [2.75, 3.05) is 6.61 Å². The van der Waals surface area contributed by atoms with Crippen molar-refractivity contribution in [2.24, 2.45) is 0 Å². The average molecular weight is 249 g/mol. The lowest BCUT2D eigenvalue weighted by atomic mass is 10.2. The average Bonchev–Trinajstić information content (AvgIpc) is 2.83. The molecule has 1 aromatic carbocycles. The molecular weight excluding hydrogens is 230 g/mol. The molecule has 2 fully saturated rings. The van der Waals surface area contributed by atoms with E-state index in [-0.39, 0.29) is 18.4 Å². The zero-order valence-electron chi connectivity index (χ0n) is 10.8. The van der Waals surface area contributed by atoms with Gasteiger partial charge in [0.15, 0.2) is 5.79 Å². The summed E-state index contributed by atoms with van der Waals surface area (Å²) in [5, 5.41) is 3.38. The molecule has 0 aromatic heterocycles. The lowest BCUT2D eigenvalue weighted by Crippen LogP contribution is -2.40. The van der Waals surface area contributed by atoms with Crippen molar-refractivity contribution in [3.05, 3.63) is 35.9 Å². The van der Waals surface area contributed by atoms with Gasteiger partial charge in [0.1, 0.15) is 18.4 Å². The van der Waals surface area contributed by atoms with E-state index in [1.165, 1.54) is 5.56 Å². The molecule has 2 heterocycles. The van der Waals surface area contributed by atoms with E-state index in [1.807, 2.05) is 32.0 Å². The Hall–Kier alpha value is -0.940. The van der Waals surface area contributed by atoms with Crippen LogP contribution < -0.4 is 5.32 Å². The number of ether oxygens (including phenoxy) is 3. The molecule has 0 spiro atoms. The second kappa shape index (κ2) is 4.63. The van der Waals surface area contributed by atoms with Crippen molar-refractivity contribution in [3.63, 3.8) is 0 Å². The van der Waals surface area contributed by atoms with Gasteiger partial charge in [0.2, 0.25) is 0 Å². The smallest absolute Gasteiger partial charge is 0.164 e. The number of rotatable bonds is 3. The number of fused-ring (bicyclic) bond motifs is 1. The molecule has 4 heteroatoms. The summed E-state index contributed by atoms with van der Waals surface area (Å²) in [5.41, 5.74) is 1.24. The maximum atomic E-state index is 5.86. The Kier molecular flexibility index (Phi) is 3.11. The molecule has 4 nitrogen and oxygen atoms in total. The van der Waals surface area contributed by atoms with E-state index in [4.69, 9.17) is 14.2 Å². The highest BCUT2D eigenvalue weighted by molar-refractivity contribution is 5.14. The second-order valence-corrected chi connectivity index (χ2v) is 5.26. The van der Waals surface area contributed by atoms with Crippen molar-refractivity contribution >= 4 is 0 Å². The van der Waals surface area contributed by atoms with Crippen molar-refractivity contribution in [1.29, 1.82) is 0 Å². The summed E-state index contributed by atoms with van der Waals surface area (Å²) in [6.45, 7) is 5.26. The van der Waals surface area contributed by atoms with Gasteiger partial charge >= 0.3 is 0 Å². The van der Waals surface area contributed by atoms with E-state index in [9.17, 15) is 0 Å². The zero-order valence-corrected chi connectivity index (χ0v) is 10.8. The third-order valence-corrected chi connectivity index (χ3v) is 3.31. The lowest BCUT2D eigenvalue weighted by molar-refractivity contribution is -0.177. The first-order valence-corrected chi connectivity index (χ1v) is 6.39. The van der Waals surface area contributed by atoms with E-state index in [0.29, 0.717) is 6.61 Å². The van der Waals surface area contributed by atoms with Crippen LogP contribution in [0.5, 0.6) is 0 Å². The minimum atomic E-state index is -0.494.